The summed E-state index contributed by atoms with van der Waals surface area (Å²) in [5, 5.41) is 9.95. The van der Waals surface area contributed by atoms with Crippen molar-refractivity contribution < 1.29 is 18.7 Å². The van der Waals surface area contributed by atoms with E-state index in [2.05, 4.69) is 15.5 Å². The zero-order valence-electron chi connectivity index (χ0n) is 13.1. The van der Waals surface area contributed by atoms with Crippen molar-refractivity contribution in [1.29, 1.82) is 0 Å². The van der Waals surface area contributed by atoms with Gasteiger partial charge in [-0.3, -0.25) is 10.1 Å². The molecule has 0 bridgehead atoms. The molecule has 122 valence electrons. The highest BCUT2D eigenvalue weighted by atomic mass is 16.5. The Morgan fingerprint density at radius 1 is 1.00 bits per heavy atom. The molecule has 0 unspecified atom stereocenters. The standard InChI is InChI=1S/C17H15N3O4/c1-11-19-20-17(23-11)18-16(21)12-7-3-4-8-13(12)24-15-10-6-5-9-14(15)22-2/h3-10H,1-2H3,(H,18,20,21). The summed E-state index contributed by atoms with van der Waals surface area (Å²) in [6.07, 6.45) is 0. The minimum atomic E-state index is -0.413. The molecule has 0 fully saturated rings. The number of hydrogen-bond donors (Lipinski definition) is 1. The average molecular weight is 325 g/mol. The minimum Gasteiger partial charge on any atom is -0.493 e. The van der Waals surface area contributed by atoms with E-state index in [1.807, 2.05) is 12.1 Å². The quantitative estimate of drug-likeness (QED) is 0.773. The van der Waals surface area contributed by atoms with Crippen molar-refractivity contribution in [2.75, 3.05) is 12.4 Å². The molecular weight excluding hydrogens is 310 g/mol. The maximum Gasteiger partial charge on any atom is 0.322 e. The first-order valence-electron chi connectivity index (χ1n) is 7.18. The molecule has 3 aromatic rings. The molecule has 0 radical (unpaired) electrons. The minimum absolute atomic E-state index is 0.0320. The molecule has 0 aliphatic heterocycles. The fraction of sp³-hybridized carbons (Fsp3) is 0.118. The van der Waals surface area contributed by atoms with Crippen LogP contribution in [0.15, 0.2) is 52.9 Å². The van der Waals surface area contributed by atoms with Gasteiger partial charge < -0.3 is 13.9 Å². The van der Waals surface area contributed by atoms with Gasteiger partial charge >= 0.3 is 6.01 Å². The Kier molecular flexibility index (Phi) is 4.42. The van der Waals surface area contributed by atoms with Crippen LogP contribution in [0.25, 0.3) is 0 Å². The van der Waals surface area contributed by atoms with Gasteiger partial charge in [-0.2, -0.15) is 0 Å². The molecule has 0 saturated carbocycles. The van der Waals surface area contributed by atoms with E-state index < -0.39 is 5.91 Å². The predicted octanol–water partition coefficient (Wildman–Crippen LogP) is 3.43. The Balaban J connectivity index is 1.86. The van der Waals surface area contributed by atoms with E-state index in [4.69, 9.17) is 13.9 Å². The second-order valence-electron chi connectivity index (χ2n) is 4.83. The lowest BCUT2D eigenvalue weighted by Gasteiger charge is -2.12. The highest BCUT2D eigenvalue weighted by Crippen LogP contribution is 2.32. The average Bonchev–Trinajstić information content (AvgIpc) is 3.00. The van der Waals surface area contributed by atoms with Crippen LogP contribution in [0.1, 0.15) is 16.2 Å². The Labute approximate surface area is 138 Å². The van der Waals surface area contributed by atoms with Gasteiger partial charge in [0.1, 0.15) is 5.75 Å². The van der Waals surface area contributed by atoms with Crippen LogP contribution in [0.5, 0.6) is 17.2 Å². The molecular formula is C17H15N3O4. The molecule has 3 rings (SSSR count). The number of aromatic nitrogens is 2. The summed E-state index contributed by atoms with van der Waals surface area (Å²) >= 11 is 0. The Bertz CT molecular complexity index is 860. The fourth-order valence-corrected chi connectivity index (χ4v) is 2.08. The van der Waals surface area contributed by atoms with E-state index in [1.54, 1.807) is 50.4 Å². The highest BCUT2D eigenvalue weighted by molar-refractivity contribution is 6.05. The topological polar surface area (TPSA) is 86.5 Å². The fourth-order valence-electron chi connectivity index (χ4n) is 2.08. The molecule has 0 saturated heterocycles. The highest BCUT2D eigenvalue weighted by Gasteiger charge is 2.16. The normalized spacial score (nSPS) is 10.2. The zero-order valence-corrected chi connectivity index (χ0v) is 13.1. The summed E-state index contributed by atoms with van der Waals surface area (Å²) in [5.74, 6) is 1.41. The van der Waals surface area contributed by atoms with E-state index in [1.165, 1.54) is 0 Å². The molecule has 1 aromatic heterocycles. The summed E-state index contributed by atoms with van der Waals surface area (Å²) in [6, 6.07) is 14.1. The molecule has 0 spiro atoms. The number of anilines is 1. The maximum atomic E-state index is 12.4. The van der Waals surface area contributed by atoms with Crippen LogP contribution >= 0.6 is 0 Å². The Hall–Kier alpha value is -3.35. The van der Waals surface area contributed by atoms with Crippen LogP contribution in [0.4, 0.5) is 6.01 Å². The number of hydrogen-bond acceptors (Lipinski definition) is 6. The largest absolute Gasteiger partial charge is 0.493 e. The third kappa shape index (κ3) is 3.35. The molecule has 1 N–H and O–H groups in total. The van der Waals surface area contributed by atoms with Crippen LogP contribution in [0.3, 0.4) is 0 Å². The number of nitrogens with one attached hydrogen (secondary N) is 1. The monoisotopic (exact) mass is 325 g/mol. The number of para-hydroxylation sites is 3. The number of amides is 1. The van der Waals surface area contributed by atoms with Crippen molar-refractivity contribution in [2.45, 2.75) is 6.92 Å². The van der Waals surface area contributed by atoms with E-state index >= 15 is 0 Å². The Morgan fingerprint density at radius 3 is 2.33 bits per heavy atom. The number of benzene rings is 2. The van der Waals surface area contributed by atoms with Crippen LogP contribution in [-0.4, -0.2) is 23.2 Å². The van der Waals surface area contributed by atoms with Crippen molar-refractivity contribution in [1.82, 2.24) is 10.2 Å². The van der Waals surface area contributed by atoms with E-state index in [0.29, 0.717) is 28.7 Å². The Morgan fingerprint density at radius 2 is 1.67 bits per heavy atom. The van der Waals surface area contributed by atoms with Crippen LogP contribution in [0, 0.1) is 6.92 Å². The summed E-state index contributed by atoms with van der Waals surface area (Å²) in [5.41, 5.74) is 0.333. The number of nitrogens with zero attached hydrogens (tertiary/aromatic N) is 2. The molecule has 1 amide bonds. The number of carbonyl (C=O) groups excluding carboxylic acids is 1. The number of methoxy groups -OCH3 is 1. The third-order valence-electron chi connectivity index (χ3n) is 3.17. The van der Waals surface area contributed by atoms with Crippen molar-refractivity contribution in [3.05, 3.63) is 60.0 Å². The SMILES string of the molecule is COc1ccccc1Oc1ccccc1C(=O)Nc1nnc(C)o1. The lowest BCUT2D eigenvalue weighted by atomic mass is 10.2. The van der Waals surface area contributed by atoms with Crippen molar-refractivity contribution in [3.63, 3.8) is 0 Å². The number of aryl methyl sites for hydroxylation is 1. The first-order valence-corrected chi connectivity index (χ1v) is 7.18. The molecule has 7 heteroatoms. The zero-order chi connectivity index (χ0) is 16.9. The van der Waals surface area contributed by atoms with Gasteiger partial charge in [0.05, 0.1) is 12.7 Å². The van der Waals surface area contributed by atoms with Gasteiger partial charge in [0, 0.05) is 6.92 Å². The molecule has 1 heterocycles. The third-order valence-corrected chi connectivity index (χ3v) is 3.17. The van der Waals surface area contributed by atoms with E-state index in [9.17, 15) is 4.79 Å². The molecule has 0 atom stereocenters. The van der Waals surface area contributed by atoms with Gasteiger partial charge in [-0.05, 0) is 24.3 Å². The van der Waals surface area contributed by atoms with Crippen molar-refractivity contribution in [3.8, 4) is 17.2 Å². The first-order chi connectivity index (χ1) is 11.7. The summed E-state index contributed by atoms with van der Waals surface area (Å²) < 4.78 is 16.3. The second-order valence-corrected chi connectivity index (χ2v) is 4.83. The van der Waals surface area contributed by atoms with Gasteiger partial charge in [0.2, 0.25) is 5.89 Å². The molecule has 24 heavy (non-hydrogen) atoms. The smallest absolute Gasteiger partial charge is 0.322 e. The van der Waals surface area contributed by atoms with E-state index in [0.717, 1.165) is 0 Å². The number of rotatable bonds is 5. The lowest BCUT2D eigenvalue weighted by Crippen LogP contribution is -2.13. The molecule has 2 aromatic carbocycles. The van der Waals surface area contributed by atoms with E-state index in [-0.39, 0.29) is 6.01 Å². The first kappa shape index (κ1) is 15.5. The van der Waals surface area contributed by atoms with Gasteiger partial charge in [-0.15, -0.1) is 5.10 Å². The van der Waals surface area contributed by atoms with Gasteiger partial charge in [-0.25, -0.2) is 0 Å². The summed E-state index contributed by atoms with van der Waals surface area (Å²) in [4.78, 5) is 12.4. The van der Waals surface area contributed by atoms with Crippen LogP contribution in [-0.2, 0) is 0 Å². The molecule has 0 aliphatic rings. The second kappa shape index (κ2) is 6.82. The van der Waals surface area contributed by atoms with Gasteiger partial charge in [-0.1, -0.05) is 29.4 Å². The van der Waals surface area contributed by atoms with Crippen LogP contribution < -0.4 is 14.8 Å². The van der Waals surface area contributed by atoms with Gasteiger partial charge in [0.25, 0.3) is 5.91 Å². The number of ether oxygens (including phenoxy) is 2. The summed E-state index contributed by atoms with van der Waals surface area (Å²) in [6.45, 7) is 1.64. The lowest BCUT2D eigenvalue weighted by molar-refractivity contribution is 0.102. The van der Waals surface area contributed by atoms with Crippen molar-refractivity contribution in [2.24, 2.45) is 0 Å². The number of carbonyl (C=O) groups is 1. The molecule has 0 aliphatic carbocycles. The van der Waals surface area contributed by atoms with Crippen LogP contribution in [0.2, 0.25) is 0 Å². The van der Waals surface area contributed by atoms with Gasteiger partial charge in [0.15, 0.2) is 11.5 Å². The maximum absolute atomic E-state index is 12.4. The van der Waals surface area contributed by atoms with Crippen molar-refractivity contribution >= 4 is 11.9 Å². The predicted molar refractivity (Wildman–Crippen MR) is 86.5 cm³/mol. The molecule has 7 nitrogen and oxygen atoms in total. The summed E-state index contributed by atoms with van der Waals surface area (Å²) in [7, 11) is 1.55.